The summed E-state index contributed by atoms with van der Waals surface area (Å²) in [7, 11) is 0. The van der Waals surface area contributed by atoms with Crippen molar-refractivity contribution in [1.29, 1.82) is 0 Å². The molecular formula is C23H31N3OS. The minimum Gasteiger partial charge on any atom is -0.508 e. The highest BCUT2D eigenvalue weighted by Crippen LogP contribution is 2.44. The number of phenols is 1. The van der Waals surface area contributed by atoms with Crippen LogP contribution in [0.15, 0.2) is 41.8 Å². The van der Waals surface area contributed by atoms with Crippen molar-refractivity contribution in [2.45, 2.75) is 70.2 Å². The van der Waals surface area contributed by atoms with Crippen molar-refractivity contribution in [3.63, 3.8) is 0 Å². The van der Waals surface area contributed by atoms with Gasteiger partial charge < -0.3 is 9.67 Å². The van der Waals surface area contributed by atoms with Gasteiger partial charge in [-0.3, -0.25) is 4.98 Å². The Hall–Kier alpha value is -2.01. The summed E-state index contributed by atoms with van der Waals surface area (Å²) in [6.45, 7) is 14.1. The van der Waals surface area contributed by atoms with E-state index in [9.17, 15) is 5.11 Å². The molecule has 2 aromatic heterocycles. The molecule has 0 aliphatic carbocycles. The Morgan fingerprint density at radius 3 is 2.39 bits per heavy atom. The first-order valence-corrected chi connectivity index (χ1v) is 10.8. The van der Waals surface area contributed by atoms with Crippen LogP contribution in [-0.4, -0.2) is 25.4 Å². The van der Waals surface area contributed by atoms with E-state index in [4.69, 9.17) is 0 Å². The van der Waals surface area contributed by atoms with Gasteiger partial charge >= 0.3 is 0 Å². The number of nitrogens with zero attached hydrogens (tertiary/aromatic N) is 3. The Bertz CT molecular complexity index is 964. The van der Waals surface area contributed by atoms with Gasteiger partial charge in [0, 0.05) is 23.2 Å². The van der Waals surface area contributed by atoms with E-state index >= 15 is 0 Å². The number of rotatable bonds is 5. The van der Waals surface area contributed by atoms with Crippen molar-refractivity contribution in [1.82, 2.24) is 14.5 Å². The molecule has 0 amide bonds. The average Bonchev–Trinajstić information content (AvgIpc) is 3.01. The summed E-state index contributed by atoms with van der Waals surface area (Å²) in [5.41, 5.74) is 4.28. The molecule has 5 heteroatoms. The molecule has 3 rings (SSSR count). The Labute approximate surface area is 172 Å². The van der Waals surface area contributed by atoms with E-state index in [1.807, 2.05) is 36.4 Å². The average molecular weight is 398 g/mol. The zero-order valence-corrected chi connectivity index (χ0v) is 18.6. The number of fused-ring (bicyclic) bond motifs is 1. The maximum Gasteiger partial charge on any atom is 0.119 e. The van der Waals surface area contributed by atoms with Crippen LogP contribution in [0.1, 0.15) is 59.1 Å². The second-order valence-corrected chi connectivity index (χ2v) is 10.5. The normalized spacial score (nSPS) is 12.6. The molecule has 0 radical (unpaired) electrons. The zero-order valence-electron chi connectivity index (χ0n) is 17.8. The van der Waals surface area contributed by atoms with E-state index in [0.717, 1.165) is 35.3 Å². The summed E-state index contributed by atoms with van der Waals surface area (Å²) in [6, 6.07) is 5.95. The molecular weight excluding hydrogens is 366 g/mol. The number of hydrogen-bond acceptors (Lipinski definition) is 4. The fourth-order valence-electron chi connectivity index (χ4n) is 3.71. The topological polar surface area (TPSA) is 50.9 Å². The molecule has 0 saturated carbocycles. The van der Waals surface area contributed by atoms with E-state index in [1.165, 1.54) is 10.5 Å². The molecule has 4 nitrogen and oxygen atoms in total. The molecule has 0 unspecified atom stereocenters. The van der Waals surface area contributed by atoms with Crippen LogP contribution in [0.25, 0.3) is 11.0 Å². The van der Waals surface area contributed by atoms with Crippen molar-refractivity contribution >= 4 is 22.8 Å². The molecule has 0 spiro atoms. The number of thioether (sulfide) groups is 1. The van der Waals surface area contributed by atoms with Crippen LogP contribution >= 0.6 is 11.8 Å². The lowest BCUT2D eigenvalue weighted by Crippen LogP contribution is -2.23. The molecule has 0 fully saturated rings. The minimum absolute atomic E-state index is 0.0305. The van der Waals surface area contributed by atoms with E-state index in [0.29, 0.717) is 5.75 Å². The van der Waals surface area contributed by atoms with E-state index in [1.54, 1.807) is 6.20 Å². The highest BCUT2D eigenvalue weighted by atomic mass is 32.2. The van der Waals surface area contributed by atoms with Crippen molar-refractivity contribution in [3.8, 4) is 5.75 Å². The Kier molecular flexibility index (Phi) is 5.76. The predicted octanol–water partition coefficient (Wildman–Crippen LogP) is 5.91. The maximum atomic E-state index is 10.6. The minimum atomic E-state index is -0.104. The molecule has 0 aliphatic heterocycles. The second kappa shape index (κ2) is 7.78. The summed E-state index contributed by atoms with van der Waals surface area (Å²) in [4.78, 5) is 9.82. The van der Waals surface area contributed by atoms with Crippen LogP contribution in [0, 0.1) is 0 Å². The quantitative estimate of drug-likeness (QED) is 0.429. The smallest absolute Gasteiger partial charge is 0.119 e. The third-order valence-corrected chi connectivity index (χ3v) is 6.01. The Balaban J connectivity index is 1.77. The zero-order chi connectivity index (χ0) is 20.5. The fraction of sp³-hybridized carbons (Fsp3) is 0.478. The van der Waals surface area contributed by atoms with E-state index in [-0.39, 0.29) is 10.8 Å². The number of aryl methyl sites for hydroxylation is 1. The molecule has 3 aromatic rings. The number of phenolic OH excluding ortho intramolecular Hbond substituents is 1. The molecule has 28 heavy (non-hydrogen) atoms. The summed E-state index contributed by atoms with van der Waals surface area (Å²) < 4.78 is 2.19. The fourth-order valence-corrected chi connectivity index (χ4v) is 4.92. The van der Waals surface area contributed by atoms with Crippen molar-refractivity contribution in [2.75, 3.05) is 5.75 Å². The predicted molar refractivity (Wildman–Crippen MR) is 118 cm³/mol. The molecule has 0 bridgehead atoms. The van der Waals surface area contributed by atoms with E-state index < -0.39 is 0 Å². The van der Waals surface area contributed by atoms with Gasteiger partial charge in [-0.15, -0.1) is 11.8 Å². The lowest BCUT2D eigenvalue weighted by atomic mass is 9.75. The third-order valence-electron chi connectivity index (χ3n) is 4.87. The highest BCUT2D eigenvalue weighted by molar-refractivity contribution is 7.99. The largest absolute Gasteiger partial charge is 0.508 e. The van der Waals surface area contributed by atoms with Crippen molar-refractivity contribution in [3.05, 3.63) is 48.0 Å². The van der Waals surface area contributed by atoms with Crippen LogP contribution < -0.4 is 0 Å². The highest BCUT2D eigenvalue weighted by Gasteiger charge is 2.30. The van der Waals surface area contributed by atoms with Crippen LogP contribution in [0.3, 0.4) is 0 Å². The van der Waals surface area contributed by atoms with Crippen LogP contribution in [0.5, 0.6) is 5.75 Å². The number of benzene rings is 1. The van der Waals surface area contributed by atoms with Crippen LogP contribution in [0.2, 0.25) is 0 Å². The molecule has 1 aromatic carbocycles. The monoisotopic (exact) mass is 397 g/mol. The van der Waals surface area contributed by atoms with Gasteiger partial charge in [0.25, 0.3) is 0 Å². The van der Waals surface area contributed by atoms with Gasteiger partial charge in [0.15, 0.2) is 0 Å². The first-order chi connectivity index (χ1) is 13.1. The van der Waals surface area contributed by atoms with Gasteiger partial charge in [-0.25, -0.2) is 4.98 Å². The number of hydrogen-bond donors (Lipinski definition) is 1. The number of imidazole rings is 1. The van der Waals surface area contributed by atoms with Gasteiger partial charge in [-0.1, -0.05) is 41.5 Å². The van der Waals surface area contributed by atoms with Gasteiger partial charge in [0.05, 0.1) is 18.0 Å². The van der Waals surface area contributed by atoms with Gasteiger partial charge in [-0.2, -0.15) is 0 Å². The third kappa shape index (κ3) is 4.35. The molecule has 1 N–H and O–H groups in total. The summed E-state index contributed by atoms with van der Waals surface area (Å²) in [6.07, 6.45) is 6.57. The van der Waals surface area contributed by atoms with E-state index in [2.05, 4.69) is 62.1 Å². The lowest BCUT2D eigenvalue weighted by Gasteiger charge is -2.32. The second-order valence-electron chi connectivity index (χ2n) is 9.34. The van der Waals surface area contributed by atoms with Gasteiger partial charge in [0.2, 0.25) is 0 Å². The molecule has 2 heterocycles. The van der Waals surface area contributed by atoms with Crippen LogP contribution in [-0.2, 0) is 17.4 Å². The summed E-state index contributed by atoms with van der Waals surface area (Å²) in [5.74, 6) is 1.42. The standard InChI is InChI=1S/C23H31N3OS/c1-22(2,3)20-18(27)8-9-19(21(20)23(4,5)6)28-13-7-12-26-15-25-16-14-24-11-10-17(16)26/h8-11,14-15,27H,7,12-13H2,1-6H3. The summed E-state index contributed by atoms with van der Waals surface area (Å²) in [5, 5.41) is 10.6. The van der Waals surface area contributed by atoms with Gasteiger partial charge in [0.1, 0.15) is 11.3 Å². The molecule has 150 valence electrons. The molecule has 0 aliphatic rings. The molecule has 0 saturated heterocycles. The first-order valence-electron chi connectivity index (χ1n) is 9.83. The number of aromatic nitrogens is 3. The number of aromatic hydroxyl groups is 1. The van der Waals surface area contributed by atoms with Crippen LogP contribution in [0.4, 0.5) is 0 Å². The first kappa shape index (κ1) is 20.7. The summed E-state index contributed by atoms with van der Waals surface area (Å²) >= 11 is 1.88. The lowest BCUT2D eigenvalue weighted by molar-refractivity contribution is 0.432. The molecule has 0 atom stereocenters. The Morgan fingerprint density at radius 1 is 1.00 bits per heavy atom. The SMILES string of the molecule is CC(C)(C)c1c(O)ccc(SCCCn2cnc3cnccc32)c1C(C)(C)C. The maximum absolute atomic E-state index is 10.6. The Morgan fingerprint density at radius 2 is 1.71 bits per heavy atom. The van der Waals surface area contributed by atoms with Crippen molar-refractivity contribution < 1.29 is 5.11 Å². The van der Waals surface area contributed by atoms with Crippen molar-refractivity contribution in [2.24, 2.45) is 0 Å². The number of pyridine rings is 1. The van der Waals surface area contributed by atoms with Gasteiger partial charge in [-0.05, 0) is 46.8 Å².